The van der Waals surface area contributed by atoms with Gasteiger partial charge in [-0.3, -0.25) is 10.1 Å². The van der Waals surface area contributed by atoms with E-state index in [1.54, 1.807) is 14.2 Å². The molecule has 1 heterocycles. The standard InChI is InChI=1S/C21H26N2O3/c1-4-15-5-8-17(9-6-15)21(14-23-21)20(24)22-12-11-16-7-10-18(25-2)19(13-16)26-3/h5-10,13,23H,4,11-12,14H2,1-3H3,(H,22,24). The van der Waals surface area contributed by atoms with Crippen LogP contribution in [-0.4, -0.2) is 33.2 Å². The highest BCUT2D eigenvalue weighted by Crippen LogP contribution is 2.31. The van der Waals surface area contributed by atoms with Gasteiger partial charge in [0.2, 0.25) is 5.91 Å². The molecule has 1 amide bonds. The highest BCUT2D eigenvalue weighted by Gasteiger charge is 2.50. The SMILES string of the molecule is CCc1ccc(C2(C(=O)NCCc3ccc(OC)c(OC)c3)CN2)cc1. The molecule has 138 valence electrons. The number of nitrogens with one attached hydrogen (secondary N) is 2. The summed E-state index contributed by atoms with van der Waals surface area (Å²) < 4.78 is 10.6. The van der Waals surface area contributed by atoms with E-state index in [0.717, 1.165) is 24.0 Å². The van der Waals surface area contributed by atoms with Gasteiger partial charge in [0.15, 0.2) is 11.5 Å². The summed E-state index contributed by atoms with van der Waals surface area (Å²) in [6.45, 7) is 3.38. The van der Waals surface area contributed by atoms with E-state index in [2.05, 4.69) is 29.7 Å². The summed E-state index contributed by atoms with van der Waals surface area (Å²) in [6, 6.07) is 14.1. The van der Waals surface area contributed by atoms with Crippen LogP contribution < -0.4 is 20.1 Å². The molecule has 2 aromatic rings. The van der Waals surface area contributed by atoms with Gasteiger partial charge in [-0.15, -0.1) is 0 Å². The van der Waals surface area contributed by atoms with E-state index in [4.69, 9.17) is 9.47 Å². The fourth-order valence-electron chi connectivity index (χ4n) is 3.12. The van der Waals surface area contributed by atoms with Crippen molar-refractivity contribution >= 4 is 5.91 Å². The van der Waals surface area contributed by atoms with Crippen molar-refractivity contribution in [3.8, 4) is 11.5 Å². The third-order valence-corrected chi connectivity index (χ3v) is 4.92. The number of methoxy groups -OCH3 is 2. The predicted octanol–water partition coefficient (Wildman–Crippen LogP) is 2.42. The minimum atomic E-state index is -0.566. The van der Waals surface area contributed by atoms with Crippen LogP contribution in [0.4, 0.5) is 0 Å². The maximum absolute atomic E-state index is 12.7. The first-order valence-electron chi connectivity index (χ1n) is 8.96. The van der Waals surface area contributed by atoms with Crippen LogP contribution in [-0.2, 0) is 23.2 Å². The van der Waals surface area contributed by atoms with Crippen LogP contribution in [0.2, 0.25) is 0 Å². The molecule has 1 aliphatic heterocycles. The van der Waals surface area contributed by atoms with Crippen molar-refractivity contribution in [2.45, 2.75) is 25.3 Å². The fraction of sp³-hybridized carbons (Fsp3) is 0.381. The minimum Gasteiger partial charge on any atom is -0.493 e. The van der Waals surface area contributed by atoms with E-state index in [1.165, 1.54) is 5.56 Å². The lowest BCUT2D eigenvalue weighted by Crippen LogP contribution is -2.38. The lowest BCUT2D eigenvalue weighted by molar-refractivity contribution is -0.123. The van der Waals surface area contributed by atoms with Crippen LogP contribution in [0.3, 0.4) is 0 Å². The zero-order valence-corrected chi connectivity index (χ0v) is 15.6. The van der Waals surface area contributed by atoms with Crippen LogP contribution in [0.15, 0.2) is 42.5 Å². The highest BCUT2D eigenvalue weighted by molar-refractivity contribution is 5.91. The predicted molar refractivity (Wildman–Crippen MR) is 102 cm³/mol. The Labute approximate surface area is 154 Å². The van der Waals surface area contributed by atoms with Crippen LogP contribution in [0, 0.1) is 0 Å². The smallest absolute Gasteiger partial charge is 0.246 e. The van der Waals surface area contributed by atoms with Gasteiger partial charge in [0.05, 0.1) is 14.2 Å². The number of rotatable bonds is 8. The maximum Gasteiger partial charge on any atom is 0.246 e. The van der Waals surface area contributed by atoms with Gasteiger partial charge in [-0.05, 0) is 41.7 Å². The van der Waals surface area contributed by atoms with E-state index in [1.807, 2.05) is 30.3 Å². The van der Waals surface area contributed by atoms with Gasteiger partial charge >= 0.3 is 0 Å². The maximum atomic E-state index is 12.7. The molecule has 2 N–H and O–H groups in total. The zero-order valence-electron chi connectivity index (χ0n) is 15.6. The number of aryl methyl sites for hydroxylation is 1. The van der Waals surface area contributed by atoms with Crippen molar-refractivity contribution < 1.29 is 14.3 Å². The van der Waals surface area contributed by atoms with Crippen LogP contribution in [0.5, 0.6) is 11.5 Å². The molecule has 5 nitrogen and oxygen atoms in total. The summed E-state index contributed by atoms with van der Waals surface area (Å²) in [5, 5.41) is 6.29. The summed E-state index contributed by atoms with van der Waals surface area (Å²) in [5.74, 6) is 1.44. The van der Waals surface area contributed by atoms with Gasteiger partial charge in [-0.2, -0.15) is 0 Å². The van der Waals surface area contributed by atoms with Gasteiger partial charge in [0.25, 0.3) is 0 Å². The van der Waals surface area contributed by atoms with Gasteiger partial charge in [-0.25, -0.2) is 0 Å². The average molecular weight is 354 g/mol. The van der Waals surface area contributed by atoms with E-state index in [-0.39, 0.29) is 5.91 Å². The van der Waals surface area contributed by atoms with Crippen LogP contribution in [0.25, 0.3) is 0 Å². The Balaban J connectivity index is 1.58. The minimum absolute atomic E-state index is 0.0298. The average Bonchev–Trinajstić information content (AvgIpc) is 3.50. The molecule has 1 atom stereocenters. The van der Waals surface area contributed by atoms with Gasteiger partial charge < -0.3 is 14.8 Å². The molecular formula is C21H26N2O3. The summed E-state index contributed by atoms with van der Waals surface area (Å²) in [5.41, 5.74) is 2.83. The highest BCUT2D eigenvalue weighted by atomic mass is 16.5. The van der Waals surface area contributed by atoms with Crippen molar-refractivity contribution in [1.29, 1.82) is 0 Å². The molecule has 0 radical (unpaired) electrons. The molecule has 0 saturated carbocycles. The van der Waals surface area contributed by atoms with E-state index >= 15 is 0 Å². The molecule has 5 heteroatoms. The number of amides is 1. The van der Waals surface area contributed by atoms with Crippen molar-refractivity contribution in [2.24, 2.45) is 0 Å². The molecule has 3 rings (SSSR count). The first-order chi connectivity index (χ1) is 12.6. The van der Waals surface area contributed by atoms with Crippen molar-refractivity contribution in [3.05, 3.63) is 59.2 Å². The van der Waals surface area contributed by atoms with Gasteiger partial charge in [0, 0.05) is 13.1 Å². The quantitative estimate of drug-likeness (QED) is 0.715. The van der Waals surface area contributed by atoms with Crippen LogP contribution >= 0.6 is 0 Å². The molecule has 2 aromatic carbocycles. The van der Waals surface area contributed by atoms with Crippen LogP contribution in [0.1, 0.15) is 23.6 Å². The lowest BCUT2D eigenvalue weighted by atomic mass is 9.96. The van der Waals surface area contributed by atoms with E-state index < -0.39 is 5.54 Å². The molecular weight excluding hydrogens is 328 g/mol. The van der Waals surface area contributed by atoms with E-state index in [9.17, 15) is 4.79 Å². The Morgan fingerprint density at radius 3 is 2.31 bits per heavy atom. The topological polar surface area (TPSA) is 69.5 Å². The van der Waals surface area contributed by atoms with Crippen molar-refractivity contribution in [1.82, 2.24) is 10.6 Å². The molecule has 1 fully saturated rings. The molecule has 1 aliphatic rings. The number of benzene rings is 2. The largest absolute Gasteiger partial charge is 0.493 e. The Bertz CT molecular complexity index is 767. The number of hydrogen-bond donors (Lipinski definition) is 2. The van der Waals surface area contributed by atoms with E-state index in [0.29, 0.717) is 24.6 Å². The monoisotopic (exact) mass is 354 g/mol. The second-order valence-corrected chi connectivity index (χ2v) is 6.50. The van der Waals surface area contributed by atoms with Gasteiger partial charge in [0.1, 0.15) is 5.54 Å². The Hall–Kier alpha value is -2.53. The summed E-state index contributed by atoms with van der Waals surface area (Å²) in [7, 11) is 3.24. The third-order valence-electron chi connectivity index (χ3n) is 4.92. The fourth-order valence-corrected chi connectivity index (χ4v) is 3.12. The molecule has 0 bridgehead atoms. The normalized spacial score (nSPS) is 18.3. The molecule has 1 saturated heterocycles. The Morgan fingerprint density at radius 2 is 1.73 bits per heavy atom. The molecule has 0 spiro atoms. The lowest BCUT2D eigenvalue weighted by Gasteiger charge is -2.15. The number of carbonyl (C=O) groups is 1. The molecule has 0 aliphatic carbocycles. The van der Waals surface area contributed by atoms with Crippen molar-refractivity contribution in [2.75, 3.05) is 27.3 Å². The number of ether oxygens (including phenoxy) is 2. The summed E-state index contributed by atoms with van der Waals surface area (Å²) in [6.07, 6.45) is 1.73. The molecule has 0 aromatic heterocycles. The second kappa shape index (κ2) is 7.79. The first kappa shape index (κ1) is 18.3. The Kier molecular flexibility index (Phi) is 5.47. The molecule has 1 unspecified atom stereocenters. The third kappa shape index (κ3) is 3.68. The number of carbonyl (C=O) groups excluding carboxylic acids is 1. The molecule has 26 heavy (non-hydrogen) atoms. The Morgan fingerprint density at radius 1 is 1.08 bits per heavy atom. The zero-order chi connectivity index (χ0) is 18.6. The first-order valence-corrected chi connectivity index (χ1v) is 8.96. The summed E-state index contributed by atoms with van der Waals surface area (Å²) >= 11 is 0. The van der Waals surface area contributed by atoms with Gasteiger partial charge in [-0.1, -0.05) is 37.3 Å². The van der Waals surface area contributed by atoms with Crippen molar-refractivity contribution in [3.63, 3.8) is 0 Å². The second-order valence-electron chi connectivity index (χ2n) is 6.50. The summed E-state index contributed by atoms with van der Waals surface area (Å²) in [4.78, 5) is 12.7. The number of hydrogen-bond acceptors (Lipinski definition) is 4.